The number of hydrogen-bond donors (Lipinski definition) is 3. The predicted molar refractivity (Wildman–Crippen MR) is 95.3 cm³/mol. The Labute approximate surface area is 145 Å². The second-order valence-corrected chi connectivity index (χ2v) is 4.88. The minimum absolute atomic E-state index is 0.474. The maximum atomic E-state index is 11.8. The van der Waals surface area contributed by atoms with Crippen molar-refractivity contribution in [1.82, 2.24) is 10.9 Å². The summed E-state index contributed by atoms with van der Waals surface area (Å²) in [5.41, 5.74) is 5.91. The number of hydrogen-bond acceptors (Lipinski definition) is 4. The third kappa shape index (κ3) is 5.58. The van der Waals surface area contributed by atoms with Gasteiger partial charge in [-0.1, -0.05) is 24.3 Å². The van der Waals surface area contributed by atoms with Crippen LogP contribution in [0.15, 0.2) is 54.6 Å². The number of nitrogens with one attached hydrogen (secondary N) is 3. The van der Waals surface area contributed by atoms with Crippen LogP contribution in [0.2, 0.25) is 0 Å². The van der Waals surface area contributed by atoms with Crippen LogP contribution in [-0.2, 0) is 4.79 Å². The van der Waals surface area contributed by atoms with E-state index in [1.54, 1.807) is 55.7 Å². The largest absolute Gasteiger partial charge is 0.493 e. The average Bonchev–Trinajstić information content (AvgIpc) is 2.65. The van der Waals surface area contributed by atoms with Crippen LogP contribution >= 0.6 is 0 Å². The summed E-state index contributed by atoms with van der Waals surface area (Å²) >= 11 is 0. The number of urea groups is 1. The molecule has 0 aliphatic rings. The summed E-state index contributed by atoms with van der Waals surface area (Å²) < 4.78 is 10.3. The lowest BCUT2D eigenvalue weighted by Gasteiger charge is -2.08. The minimum Gasteiger partial charge on any atom is -0.493 e. The van der Waals surface area contributed by atoms with Crippen LogP contribution in [0, 0.1) is 0 Å². The van der Waals surface area contributed by atoms with Gasteiger partial charge in [-0.05, 0) is 35.9 Å². The van der Waals surface area contributed by atoms with Gasteiger partial charge < -0.3 is 14.8 Å². The highest BCUT2D eigenvalue weighted by atomic mass is 16.5. The van der Waals surface area contributed by atoms with Gasteiger partial charge in [-0.15, -0.1) is 0 Å². The van der Waals surface area contributed by atoms with E-state index in [4.69, 9.17) is 9.47 Å². The molecule has 0 spiro atoms. The average molecular weight is 341 g/mol. The van der Waals surface area contributed by atoms with E-state index in [1.165, 1.54) is 13.2 Å². The lowest BCUT2D eigenvalue weighted by Crippen LogP contribution is -2.43. The second kappa shape index (κ2) is 8.97. The molecule has 0 heterocycles. The Kier molecular flexibility index (Phi) is 6.41. The molecule has 3 N–H and O–H groups in total. The molecule has 0 unspecified atom stereocenters. The van der Waals surface area contributed by atoms with Gasteiger partial charge >= 0.3 is 6.03 Å². The Bertz CT molecular complexity index is 760. The zero-order valence-electron chi connectivity index (χ0n) is 13.9. The third-order valence-corrected chi connectivity index (χ3v) is 3.17. The summed E-state index contributed by atoms with van der Waals surface area (Å²) in [5, 5.41) is 2.58. The second-order valence-electron chi connectivity index (χ2n) is 4.88. The number of methoxy groups -OCH3 is 2. The quantitative estimate of drug-likeness (QED) is 0.576. The summed E-state index contributed by atoms with van der Waals surface area (Å²) in [6.45, 7) is 0. The van der Waals surface area contributed by atoms with Gasteiger partial charge in [-0.3, -0.25) is 10.2 Å². The number of benzene rings is 2. The zero-order valence-corrected chi connectivity index (χ0v) is 13.9. The van der Waals surface area contributed by atoms with Gasteiger partial charge in [-0.25, -0.2) is 10.2 Å². The van der Waals surface area contributed by atoms with Crippen molar-refractivity contribution >= 4 is 23.7 Å². The zero-order chi connectivity index (χ0) is 18.1. The lowest BCUT2D eigenvalue weighted by molar-refractivity contribution is -0.117. The summed E-state index contributed by atoms with van der Waals surface area (Å²) in [7, 11) is 3.08. The number of ether oxygens (including phenoxy) is 2. The molecule has 0 aromatic heterocycles. The number of anilines is 1. The molecule has 0 fully saturated rings. The van der Waals surface area contributed by atoms with Crippen molar-refractivity contribution in [1.29, 1.82) is 0 Å². The fraction of sp³-hybridized carbons (Fsp3) is 0.111. The number of para-hydroxylation sites is 1. The molecule has 2 rings (SSSR count). The molecule has 2 aromatic carbocycles. The smallest absolute Gasteiger partial charge is 0.337 e. The summed E-state index contributed by atoms with van der Waals surface area (Å²) in [6, 6.07) is 13.6. The van der Waals surface area contributed by atoms with Gasteiger partial charge in [0.2, 0.25) is 0 Å². The number of amides is 3. The molecule has 0 aliphatic carbocycles. The summed E-state index contributed by atoms with van der Waals surface area (Å²) in [4.78, 5) is 23.4. The molecule has 7 nitrogen and oxygen atoms in total. The maximum Gasteiger partial charge on any atom is 0.337 e. The van der Waals surface area contributed by atoms with E-state index >= 15 is 0 Å². The molecule has 0 saturated carbocycles. The van der Waals surface area contributed by atoms with Crippen molar-refractivity contribution in [3.05, 3.63) is 60.2 Å². The van der Waals surface area contributed by atoms with E-state index in [1.807, 2.05) is 6.07 Å². The van der Waals surface area contributed by atoms with Crippen molar-refractivity contribution in [3.8, 4) is 11.5 Å². The number of carbonyl (C=O) groups is 2. The highest BCUT2D eigenvalue weighted by Gasteiger charge is 2.04. The van der Waals surface area contributed by atoms with Crippen LogP contribution in [0.3, 0.4) is 0 Å². The maximum absolute atomic E-state index is 11.8. The molecule has 130 valence electrons. The first-order chi connectivity index (χ1) is 12.1. The molecule has 0 saturated heterocycles. The fourth-order valence-corrected chi connectivity index (χ4v) is 1.97. The Morgan fingerprint density at radius 1 is 0.920 bits per heavy atom. The van der Waals surface area contributed by atoms with E-state index in [0.717, 1.165) is 5.56 Å². The molecular weight excluding hydrogens is 322 g/mol. The summed E-state index contributed by atoms with van der Waals surface area (Å²) in [5.74, 6) is 0.687. The van der Waals surface area contributed by atoms with E-state index < -0.39 is 11.9 Å². The number of hydrazine groups is 1. The predicted octanol–water partition coefficient (Wildman–Crippen LogP) is 2.57. The van der Waals surface area contributed by atoms with Crippen molar-refractivity contribution < 1.29 is 19.1 Å². The lowest BCUT2D eigenvalue weighted by atomic mass is 10.2. The van der Waals surface area contributed by atoms with E-state index in [9.17, 15) is 9.59 Å². The third-order valence-electron chi connectivity index (χ3n) is 3.17. The normalized spacial score (nSPS) is 10.2. The highest BCUT2D eigenvalue weighted by Crippen LogP contribution is 2.27. The fourth-order valence-electron chi connectivity index (χ4n) is 1.97. The topological polar surface area (TPSA) is 88.7 Å². The van der Waals surface area contributed by atoms with Gasteiger partial charge in [0.15, 0.2) is 11.5 Å². The SMILES string of the molecule is COc1ccc(/C=C/C(=O)NNC(=O)Nc2ccccc2)cc1OC. The Morgan fingerprint density at radius 3 is 2.32 bits per heavy atom. The number of carbonyl (C=O) groups excluding carboxylic acids is 2. The first-order valence-electron chi connectivity index (χ1n) is 7.44. The van der Waals surface area contributed by atoms with Crippen LogP contribution in [0.5, 0.6) is 11.5 Å². The molecule has 0 radical (unpaired) electrons. The van der Waals surface area contributed by atoms with E-state index in [2.05, 4.69) is 16.2 Å². The van der Waals surface area contributed by atoms with E-state index in [-0.39, 0.29) is 0 Å². The molecule has 7 heteroatoms. The highest BCUT2D eigenvalue weighted by molar-refractivity contribution is 5.95. The van der Waals surface area contributed by atoms with Crippen molar-refractivity contribution in [2.24, 2.45) is 0 Å². The molecule has 0 aliphatic heterocycles. The van der Waals surface area contributed by atoms with Crippen LogP contribution in [0.25, 0.3) is 6.08 Å². The first-order valence-corrected chi connectivity index (χ1v) is 7.44. The van der Waals surface area contributed by atoms with Gasteiger partial charge in [0.1, 0.15) is 0 Å². The van der Waals surface area contributed by atoms with E-state index in [0.29, 0.717) is 17.2 Å². The van der Waals surface area contributed by atoms with Crippen LogP contribution in [0.1, 0.15) is 5.56 Å². The monoisotopic (exact) mass is 341 g/mol. The van der Waals surface area contributed by atoms with Gasteiger partial charge in [0.25, 0.3) is 5.91 Å². The molecule has 0 atom stereocenters. The Hall–Kier alpha value is -3.48. The molecule has 2 aromatic rings. The summed E-state index contributed by atoms with van der Waals surface area (Å²) in [6.07, 6.45) is 2.89. The molecule has 3 amide bonds. The molecule has 0 bridgehead atoms. The first kappa shape index (κ1) is 17.9. The Balaban J connectivity index is 1.85. The van der Waals surface area contributed by atoms with Gasteiger partial charge in [0.05, 0.1) is 14.2 Å². The number of rotatable bonds is 5. The minimum atomic E-state index is -0.543. The van der Waals surface area contributed by atoms with Crippen LogP contribution < -0.4 is 25.6 Å². The van der Waals surface area contributed by atoms with Crippen LogP contribution in [0.4, 0.5) is 10.5 Å². The van der Waals surface area contributed by atoms with Crippen molar-refractivity contribution in [3.63, 3.8) is 0 Å². The molecule has 25 heavy (non-hydrogen) atoms. The standard InChI is InChI=1S/C18H19N3O4/c1-24-15-10-8-13(12-16(15)25-2)9-11-17(22)20-21-18(23)19-14-6-4-3-5-7-14/h3-12H,1-2H3,(H,20,22)(H2,19,21,23)/b11-9+. The van der Waals surface area contributed by atoms with Crippen LogP contribution in [-0.4, -0.2) is 26.2 Å². The van der Waals surface area contributed by atoms with Gasteiger partial charge in [0, 0.05) is 11.8 Å². The van der Waals surface area contributed by atoms with Gasteiger partial charge in [-0.2, -0.15) is 0 Å². The van der Waals surface area contributed by atoms with Crippen molar-refractivity contribution in [2.75, 3.05) is 19.5 Å². The van der Waals surface area contributed by atoms with Crippen molar-refractivity contribution in [2.45, 2.75) is 0 Å². The Morgan fingerprint density at radius 2 is 1.64 bits per heavy atom. The molecular formula is C18H19N3O4.